The molecule has 0 atom stereocenters. The Labute approximate surface area is 172 Å². The quantitative estimate of drug-likeness (QED) is 0.386. The molecule has 2 rings (SSSR count). The van der Waals surface area contributed by atoms with Crippen molar-refractivity contribution < 1.29 is 19.2 Å². The summed E-state index contributed by atoms with van der Waals surface area (Å²) in [7, 11) is 1.10. The largest absolute Gasteiger partial charge is 0.465 e. The third kappa shape index (κ3) is 4.88. The van der Waals surface area contributed by atoms with Crippen LogP contribution in [0.3, 0.4) is 0 Å². The van der Waals surface area contributed by atoms with Gasteiger partial charge in [-0.2, -0.15) is 5.26 Å². The number of esters is 1. The first-order valence-electron chi connectivity index (χ1n) is 8.91. The van der Waals surface area contributed by atoms with Gasteiger partial charge in [-0.1, -0.05) is 6.07 Å². The van der Waals surface area contributed by atoms with Crippen molar-refractivity contribution in [3.8, 4) is 6.07 Å². The van der Waals surface area contributed by atoms with Crippen LogP contribution in [-0.2, 0) is 16.1 Å². The number of aromatic nitrogens is 1. The highest BCUT2D eigenvalue weighted by Crippen LogP contribution is 2.20. The number of methoxy groups -OCH3 is 1. The number of hydrogen-bond acceptors (Lipinski definition) is 7. The Bertz CT molecular complexity index is 1100. The van der Waals surface area contributed by atoms with E-state index in [2.05, 4.69) is 4.74 Å². The first-order chi connectivity index (χ1) is 14.2. The van der Waals surface area contributed by atoms with Crippen LogP contribution < -0.4 is 10.5 Å². The molecule has 0 radical (unpaired) electrons. The van der Waals surface area contributed by atoms with Crippen molar-refractivity contribution in [3.05, 3.63) is 67.6 Å². The van der Waals surface area contributed by atoms with E-state index in [9.17, 15) is 24.5 Å². The van der Waals surface area contributed by atoms with E-state index in [1.807, 2.05) is 26.0 Å². The van der Waals surface area contributed by atoms with Crippen LogP contribution in [0.25, 0.3) is 0 Å². The molecular weight excluding hydrogens is 392 g/mol. The predicted molar refractivity (Wildman–Crippen MR) is 107 cm³/mol. The maximum atomic E-state index is 13.0. The molecule has 0 unspecified atom stereocenters. The smallest absolute Gasteiger partial charge is 0.339 e. The molecule has 0 aliphatic heterocycles. The Morgan fingerprint density at radius 3 is 2.53 bits per heavy atom. The van der Waals surface area contributed by atoms with Crippen LogP contribution in [0.2, 0.25) is 0 Å². The Hall–Kier alpha value is -4.00. The molecule has 0 saturated carbocycles. The van der Waals surface area contributed by atoms with Gasteiger partial charge in [0.2, 0.25) is 5.91 Å². The third-order valence-corrected chi connectivity index (χ3v) is 4.54. The zero-order valence-corrected chi connectivity index (χ0v) is 16.7. The van der Waals surface area contributed by atoms with Crippen molar-refractivity contribution in [2.24, 2.45) is 0 Å². The molecule has 30 heavy (non-hydrogen) atoms. The van der Waals surface area contributed by atoms with E-state index >= 15 is 0 Å². The Morgan fingerprint density at radius 2 is 1.97 bits per heavy atom. The van der Waals surface area contributed by atoms with Gasteiger partial charge in [-0.3, -0.25) is 24.3 Å². The van der Waals surface area contributed by atoms with Gasteiger partial charge < -0.3 is 9.64 Å². The molecule has 10 heteroatoms. The monoisotopic (exact) mass is 412 g/mol. The number of nitro groups is 1. The highest BCUT2D eigenvalue weighted by atomic mass is 16.6. The molecule has 0 aliphatic carbocycles. The van der Waals surface area contributed by atoms with Crippen LogP contribution in [0, 0.1) is 35.3 Å². The van der Waals surface area contributed by atoms with Gasteiger partial charge in [0.05, 0.1) is 30.1 Å². The van der Waals surface area contributed by atoms with Gasteiger partial charge in [0, 0.05) is 24.5 Å². The molecular formula is C20H20N4O6. The summed E-state index contributed by atoms with van der Waals surface area (Å²) in [5.41, 5.74) is 0.380. The summed E-state index contributed by atoms with van der Waals surface area (Å²) in [6.45, 7) is 3.31. The SMILES string of the molecule is COC(=O)c1cc([N+](=O)[O-])c(=O)n(CC(=O)N(CCC#N)c2ccc(C)c(C)c2)c1. The fourth-order valence-corrected chi connectivity index (χ4v) is 2.78. The average molecular weight is 412 g/mol. The first-order valence-corrected chi connectivity index (χ1v) is 8.91. The van der Waals surface area contributed by atoms with Gasteiger partial charge in [0.1, 0.15) is 6.54 Å². The topological polar surface area (TPSA) is 136 Å². The van der Waals surface area contributed by atoms with Gasteiger partial charge in [0.25, 0.3) is 0 Å². The third-order valence-electron chi connectivity index (χ3n) is 4.54. The molecule has 10 nitrogen and oxygen atoms in total. The number of carbonyl (C=O) groups excluding carboxylic acids is 2. The van der Waals surface area contributed by atoms with Crippen LogP contribution in [0.1, 0.15) is 27.9 Å². The number of nitriles is 1. The Kier molecular flexibility index (Phi) is 7.03. The highest BCUT2D eigenvalue weighted by molar-refractivity contribution is 5.94. The second kappa shape index (κ2) is 9.47. The number of anilines is 1. The Morgan fingerprint density at radius 1 is 1.27 bits per heavy atom. The lowest BCUT2D eigenvalue weighted by Gasteiger charge is -2.23. The molecule has 1 heterocycles. The van der Waals surface area contributed by atoms with Crippen LogP contribution in [0.15, 0.2) is 35.3 Å². The van der Waals surface area contributed by atoms with Crippen molar-refractivity contribution in [1.29, 1.82) is 5.26 Å². The summed E-state index contributed by atoms with van der Waals surface area (Å²) < 4.78 is 5.36. The standard InChI is InChI=1S/C20H20N4O6/c1-13-5-6-16(9-14(13)2)23(8-4-7-21)18(25)12-22-11-15(20(27)30-3)10-17(19(22)26)24(28)29/h5-6,9-11H,4,8,12H2,1-3H3. The lowest BCUT2D eigenvalue weighted by molar-refractivity contribution is -0.386. The molecule has 0 fully saturated rings. The van der Waals surface area contributed by atoms with Crippen LogP contribution in [0.4, 0.5) is 11.4 Å². The normalized spacial score (nSPS) is 10.2. The summed E-state index contributed by atoms with van der Waals surface area (Å²) in [5.74, 6) is -1.44. The van der Waals surface area contributed by atoms with Gasteiger partial charge >= 0.3 is 17.2 Å². The minimum atomic E-state index is -1.03. The fourth-order valence-electron chi connectivity index (χ4n) is 2.78. The van der Waals surface area contributed by atoms with Crippen molar-refractivity contribution in [1.82, 2.24) is 4.57 Å². The van der Waals surface area contributed by atoms with Crippen LogP contribution in [0.5, 0.6) is 0 Å². The van der Waals surface area contributed by atoms with Gasteiger partial charge in [-0.25, -0.2) is 4.79 Å². The number of amides is 1. The molecule has 156 valence electrons. The van der Waals surface area contributed by atoms with Gasteiger partial charge in [0.15, 0.2) is 0 Å². The second-order valence-corrected chi connectivity index (χ2v) is 6.52. The molecule has 1 aromatic heterocycles. The molecule has 0 saturated heterocycles. The van der Waals surface area contributed by atoms with Crippen molar-refractivity contribution >= 4 is 23.3 Å². The van der Waals surface area contributed by atoms with Crippen molar-refractivity contribution in [2.75, 3.05) is 18.6 Å². The lowest BCUT2D eigenvalue weighted by Crippen LogP contribution is -2.37. The number of aryl methyl sites for hydroxylation is 2. The number of rotatable bonds is 7. The zero-order valence-electron chi connectivity index (χ0n) is 16.7. The van der Waals surface area contributed by atoms with E-state index in [0.717, 1.165) is 35.1 Å². The predicted octanol–water partition coefficient (Wildman–Crippen LogP) is 2.11. The summed E-state index contributed by atoms with van der Waals surface area (Å²) in [6, 6.07) is 8.10. The van der Waals surface area contributed by atoms with E-state index in [1.54, 1.807) is 12.1 Å². The maximum absolute atomic E-state index is 13.0. The van der Waals surface area contributed by atoms with E-state index in [4.69, 9.17) is 5.26 Å². The summed E-state index contributed by atoms with van der Waals surface area (Å²) >= 11 is 0. The molecule has 2 aromatic rings. The summed E-state index contributed by atoms with van der Waals surface area (Å²) in [5, 5.41) is 20.1. The van der Waals surface area contributed by atoms with E-state index in [0.29, 0.717) is 5.69 Å². The van der Waals surface area contributed by atoms with Crippen molar-refractivity contribution in [3.63, 3.8) is 0 Å². The number of carbonyl (C=O) groups is 2. The number of hydrogen-bond donors (Lipinski definition) is 0. The molecule has 1 amide bonds. The number of benzene rings is 1. The van der Waals surface area contributed by atoms with Crippen molar-refractivity contribution in [2.45, 2.75) is 26.8 Å². The number of pyridine rings is 1. The van der Waals surface area contributed by atoms with Crippen LogP contribution in [-0.4, -0.2) is 35.0 Å². The molecule has 0 spiro atoms. The highest BCUT2D eigenvalue weighted by Gasteiger charge is 2.23. The minimum Gasteiger partial charge on any atom is -0.465 e. The van der Waals surface area contributed by atoms with E-state index < -0.39 is 34.6 Å². The average Bonchev–Trinajstić information content (AvgIpc) is 2.71. The van der Waals surface area contributed by atoms with Crippen LogP contribution >= 0.6 is 0 Å². The van der Waals surface area contributed by atoms with E-state index in [1.165, 1.54) is 4.90 Å². The first kappa shape index (κ1) is 22.3. The molecule has 0 bridgehead atoms. The summed E-state index contributed by atoms with van der Waals surface area (Å²) in [6.07, 6.45) is 1.10. The van der Waals surface area contributed by atoms with Gasteiger partial charge in [-0.15, -0.1) is 0 Å². The lowest BCUT2D eigenvalue weighted by atomic mass is 10.1. The number of ether oxygens (including phenoxy) is 1. The summed E-state index contributed by atoms with van der Waals surface area (Å²) in [4.78, 5) is 48.8. The minimum absolute atomic E-state index is 0.0515. The molecule has 0 aliphatic rings. The van der Waals surface area contributed by atoms with E-state index in [-0.39, 0.29) is 18.5 Å². The second-order valence-electron chi connectivity index (χ2n) is 6.52. The number of nitrogens with zero attached hydrogens (tertiary/aromatic N) is 4. The fraction of sp³-hybridized carbons (Fsp3) is 0.300. The Balaban J connectivity index is 2.48. The zero-order chi connectivity index (χ0) is 22.4. The maximum Gasteiger partial charge on any atom is 0.339 e. The molecule has 0 N–H and O–H groups in total. The van der Waals surface area contributed by atoms with Gasteiger partial charge in [-0.05, 0) is 37.1 Å². The molecule has 1 aromatic carbocycles.